The molecule has 1 heterocycles. The number of thiocarbonyl (C=S) groups is 1. The third kappa shape index (κ3) is 5.00. The molecule has 8 heteroatoms. The van der Waals surface area contributed by atoms with Gasteiger partial charge in [0.25, 0.3) is 5.91 Å². The number of nitriles is 1. The maximum Gasteiger partial charge on any atom is 0.258 e. The maximum absolute atomic E-state index is 12.5. The molecule has 0 fully saturated rings. The van der Waals surface area contributed by atoms with Crippen LogP contribution in [0.15, 0.2) is 22.7 Å². The summed E-state index contributed by atoms with van der Waals surface area (Å²) in [4.78, 5) is 13.8. The molecular formula is C21H21BrClN3OS2. The fraction of sp³-hybridized carbons (Fsp3) is 0.381. The smallest absolute Gasteiger partial charge is 0.258 e. The molecule has 4 nitrogen and oxygen atoms in total. The average Bonchev–Trinajstić information content (AvgIpc) is 2.98. The van der Waals surface area contributed by atoms with Crippen molar-refractivity contribution in [3.8, 4) is 6.07 Å². The van der Waals surface area contributed by atoms with Gasteiger partial charge in [-0.1, -0.05) is 48.3 Å². The van der Waals surface area contributed by atoms with Crippen molar-refractivity contribution >= 4 is 67.1 Å². The summed E-state index contributed by atoms with van der Waals surface area (Å²) < 4.78 is 0.747. The lowest BCUT2D eigenvalue weighted by Crippen LogP contribution is -2.34. The normalized spacial score (nSPS) is 15.9. The van der Waals surface area contributed by atoms with E-state index in [1.165, 1.54) is 4.88 Å². The van der Waals surface area contributed by atoms with Gasteiger partial charge in [-0.25, -0.2) is 0 Å². The summed E-state index contributed by atoms with van der Waals surface area (Å²) in [6.45, 7) is 6.79. The molecule has 0 unspecified atom stereocenters. The molecule has 152 valence electrons. The lowest BCUT2D eigenvalue weighted by molar-refractivity contribution is 0.0978. The number of carbonyl (C=O) groups excluding carboxylic acids is 1. The van der Waals surface area contributed by atoms with Gasteiger partial charge in [-0.3, -0.25) is 10.1 Å². The van der Waals surface area contributed by atoms with Gasteiger partial charge in [0.05, 0.1) is 16.1 Å². The van der Waals surface area contributed by atoms with E-state index in [1.807, 2.05) is 0 Å². The number of hydrogen-bond acceptors (Lipinski definition) is 4. The second kappa shape index (κ2) is 8.73. The highest BCUT2D eigenvalue weighted by Gasteiger charge is 2.32. The third-order valence-electron chi connectivity index (χ3n) is 5.23. The van der Waals surface area contributed by atoms with Crippen LogP contribution in [0.5, 0.6) is 0 Å². The Morgan fingerprint density at radius 1 is 1.41 bits per heavy atom. The zero-order chi connectivity index (χ0) is 21.3. The topological polar surface area (TPSA) is 64.9 Å². The molecule has 1 amide bonds. The van der Waals surface area contributed by atoms with E-state index in [-0.39, 0.29) is 10.5 Å². The third-order valence-corrected chi connectivity index (χ3v) is 7.43. The number of benzene rings is 1. The van der Waals surface area contributed by atoms with E-state index in [1.54, 1.807) is 29.5 Å². The molecule has 3 rings (SSSR count). The quantitative estimate of drug-likeness (QED) is 0.464. The van der Waals surface area contributed by atoms with Crippen LogP contribution in [0.4, 0.5) is 5.00 Å². The predicted molar refractivity (Wildman–Crippen MR) is 127 cm³/mol. The van der Waals surface area contributed by atoms with Gasteiger partial charge in [-0.2, -0.15) is 5.26 Å². The van der Waals surface area contributed by atoms with Crippen LogP contribution in [-0.2, 0) is 12.8 Å². The summed E-state index contributed by atoms with van der Waals surface area (Å²) in [6, 6.07) is 7.35. The Bertz CT molecular complexity index is 1020. The lowest BCUT2D eigenvalue weighted by Gasteiger charge is -2.33. The number of nitrogens with zero attached hydrogens (tertiary/aromatic N) is 1. The summed E-state index contributed by atoms with van der Waals surface area (Å²) in [7, 11) is 0. The van der Waals surface area contributed by atoms with Gasteiger partial charge >= 0.3 is 0 Å². The second-order valence-corrected chi connectivity index (χ2v) is 11.0. The molecule has 0 aliphatic heterocycles. The van der Waals surface area contributed by atoms with E-state index in [9.17, 15) is 10.1 Å². The molecule has 2 aromatic rings. The van der Waals surface area contributed by atoms with Crippen molar-refractivity contribution in [2.24, 2.45) is 11.3 Å². The Labute approximate surface area is 193 Å². The summed E-state index contributed by atoms with van der Waals surface area (Å²) in [6.07, 6.45) is 2.93. The Balaban J connectivity index is 1.76. The van der Waals surface area contributed by atoms with Crippen molar-refractivity contribution < 1.29 is 4.79 Å². The number of anilines is 1. The molecule has 1 aliphatic rings. The SMILES string of the molecule is CC(C)(C)[C@H]1CCc2c(sc(NC(=S)NC(=O)c3cc(Br)ccc3Cl)c2C#N)C1. The van der Waals surface area contributed by atoms with Crippen LogP contribution in [0.2, 0.25) is 5.02 Å². The number of nitrogens with one attached hydrogen (secondary N) is 2. The highest BCUT2D eigenvalue weighted by atomic mass is 79.9. The number of halogens is 2. The first kappa shape index (κ1) is 22.2. The molecule has 0 saturated heterocycles. The molecule has 1 aromatic heterocycles. The molecular weight excluding hydrogens is 490 g/mol. The van der Waals surface area contributed by atoms with Gasteiger partial charge in [-0.05, 0) is 66.6 Å². The van der Waals surface area contributed by atoms with E-state index >= 15 is 0 Å². The van der Waals surface area contributed by atoms with Crippen LogP contribution in [0.25, 0.3) is 0 Å². The Morgan fingerprint density at radius 3 is 2.79 bits per heavy atom. The standard InChI is InChI=1S/C21H21BrClN3OS2/c1-21(2,3)11-4-6-13-15(10-24)19(29-17(13)8-11)26-20(28)25-18(27)14-9-12(22)5-7-16(14)23/h5,7,9,11H,4,6,8H2,1-3H3,(H2,25,26,27,28)/t11-/m0/s1. The van der Waals surface area contributed by atoms with Crippen LogP contribution in [0.3, 0.4) is 0 Å². The van der Waals surface area contributed by atoms with Crippen molar-refractivity contribution in [2.45, 2.75) is 40.0 Å². The molecule has 1 aliphatic carbocycles. The second-order valence-electron chi connectivity index (χ2n) is 8.16. The fourth-order valence-electron chi connectivity index (χ4n) is 3.51. The van der Waals surface area contributed by atoms with Gasteiger partial charge < -0.3 is 5.32 Å². The monoisotopic (exact) mass is 509 g/mol. The minimum atomic E-state index is -0.401. The molecule has 2 N–H and O–H groups in total. The van der Waals surface area contributed by atoms with E-state index in [0.717, 1.165) is 29.3 Å². The summed E-state index contributed by atoms with van der Waals surface area (Å²) in [5, 5.41) is 16.6. The number of thiophene rings is 1. The fourth-order valence-corrected chi connectivity index (χ4v) is 5.61. The van der Waals surface area contributed by atoms with Crippen molar-refractivity contribution in [2.75, 3.05) is 5.32 Å². The van der Waals surface area contributed by atoms with Crippen LogP contribution < -0.4 is 10.6 Å². The lowest BCUT2D eigenvalue weighted by atomic mass is 9.72. The van der Waals surface area contributed by atoms with E-state index in [2.05, 4.69) is 53.4 Å². The van der Waals surface area contributed by atoms with Crippen molar-refractivity contribution in [3.63, 3.8) is 0 Å². The molecule has 1 atom stereocenters. The van der Waals surface area contributed by atoms with Gasteiger partial charge in [0, 0.05) is 9.35 Å². The average molecular weight is 511 g/mol. The number of fused-ring (bicyclic) bond motifs is 1. The van der Waals surface area contributed by atoms with Gasteiger partial charge in [0.15, 0.2) is 5.11 Å². The number of rotatable bonds is 2. The van der Waals surface area contributed by atoms with Crippen LogP contribution in [-0.4, -0.2) is 11.0 Å². The van der Waals surface area contributed by atoms with Gasteiger partial charge in [0.2, 0.25) is 0 Å². The minimum Gasteiger partial charge on any atom is -0.323 e. The van der Waals surface area contributed by atoms with Crippen molar-refractivity contribution in [3.05, 3.63) is 49.3 Å². The zero-order valence-electron chi connectivity index (χ0n) is 16.4. The first-order chi connectivity index (χ1) is 13.6. The molecule has 0 saturated carbocycles. The largest absolute Gasteiger partial charge is 0.323 e. The number of hydrogen-bond donors (Lipinski definition) is 2. The molecule has 0 bridgehead atoms. The molecule has 0 spiro atoms. The van der Waals surface area contributed by atoms with E-state index < -0.39 is 5.91 Å². The highest BCUT2D eigenvalue weighted by molar-refractivity contribution is 9.10. The summed E-state index contributed by atoms with van der Waals surface area (Å²) >= 11 is 16.3. The van der Waals surface area contributed by atoms with E-state index in [0.29, 0.717) is 27.1 Å². The molecule has 1 aromatic carbocycles. The number of carbonyl (C=O) groups is 1. The maximum atomic E-state index is 12.5. The van der Waals surface area contributed by atoms with Crippen LogP contribution in [0.1, 0.15) is 53.6 Å². The number of amides is 1. The van der Waals surface area contributed by atoms with Crippen LogP contribution in [0, 0.1) is 22.7 Å². The summed E-state index contributed by atoms with van der Waals surface area (Å²) in [5.41, 5.74) is 2.30. The minimum absolute atomic E-state index is 0.147. The summed E-state index contributed by atoms with van der Waals surface area (Å²) in [5.74, 6) is 0.180. The van der Waals surface area contributed by atoms with Gasteiger partial charge in [0.1, 0.15) is 11.1 Å². The van der Waals surface area contributed by atoms with Crippen LogP contribution >= 0.6 is 51.1 Å². The Hall–Kier alpha value is -1.46. The van der Waals surface area contributed by atoms with Crippen molar-refractivity contribution in [1.29, 1.82) is 5.26 Å². The molecule has 29 heavy (non-hydrogen) atoms. The highest BCUT2D eigenvalue weighted by Crippen LogP contribution is 2.43. The molecule has 0 radical (unpaired) electrons. The first-order valence-corrected chi connectivity index (χ1v) is 11.6. The van der Waals surface area contributed by atoms with E-state index in [4.69, 9.17) is 23.8 Å². The van der Waals surface area contributed by atoms with Gasteiger partial charge in [-0.15, -0.1) is 11.3 Å². The first-order valence-electron chi connectivity index (χ1n) is 9.22. The predicted octanol–water partition coefficient (Wildman–Crippen LogP) is 6.31. The Kier molecular flexibility index (Phi) is 6.69. The zero-order valence-corrected chi connectivity index (χ0v) is 20.3. The van der Waals surface area contributed by atoms with Crippen molar-refractivity contribution in [1.82, 2.24) is 5.32 Å². The Morgan fingerprint density at radius 2 is 2.14 bits per heavy atom.